The van der Waals surface area contributed by atoms with Crippen molar-refractivity contribution in [1.82, 2.24) is 8.97 Å². The highest BCUT2D eigenvalue weighted by atomic mass is 15.0. The zero-order chi connectivity index (χ0) is 36.2. The second kappa shape index (κ2) is 11.5. The number of nitrogens with zero attached hydrogens (tertiary/aromatic N) is 3. The maximum Gasteiger partial charge on any atom is 0.0836 e. The molecule has 55 heavy (non-hydrogen) atoms. The third-order valence-corrected chi connectivity index (χ3v) is 12.2. The maximum absolute atomic E-state index is 5.49. The normalized spacial score (nSPS) is 15.8. The molecule has 258 valence electrons. The molecule has 0 bridgehead atoms. The van der Waals surface area contributed by atoms with Crippen molar-refractivity contribution < 1.29 is 0 Å². The summed E-state index contributed by atoms with van der Waals surface area (Å²) in [4.78, 5) is 5.49. The van der Waals surface area contributed by atoms with Crippen LogP contribution in [-0.2, 0) is 0 Å². The van der Waals surface area contributed by atoms with Crippen LogP contribution in [0.25, 0.3) is 87.9 Å². The summed E-state index contributed by atoms with van der Waals surface area (Å²) in [5, 5.41) is 9.98. The number of hydrogen-bond acceptors (Lipinski definition) is 1. The van der Waals surface area contributed by atoms with Crippen molar-refractivity contribution in [2.75, 3.05) is 0 Å². The smallest absolute Gasteiger partial charge is 0.0836 e. The largest absolute Gasteiger partial charge is 0.312 e. The molecule has 8 aromatic carbocycles. The lowest BCUT2D eigenvalue weighted by Gasteiger charge is -2.29. The summed E-state index contributed by atoms with van der Waals surface area (Å²) < 4.78 is 5.10. The number of rotatable bonds is 4. The number of benzene rings is 8. The third-order valence-electron chi connectivity index (χ3n) is 12.2. The minimum Gasteiger partial charge on any atom is -0.312 e. The molecule has 1 aliphatic heterocycles. The molecule has 1 unspecified atom stereocenters. The predicted molar refractivity (Wildman–Crippen MR) is 229 cm³/mol. The van der Waals surface area contributed by atoms with Gasteiger partial charge in [0.25, 0.3) is 0 Å². The first-order valence-electron chi connectivity index (χ1n) is 19.3. The minimum absolute atomic E-state index is 0.0488. The lowest BCUT2D eigenvalue weighted by Crippen LogP contribution is -2.37. The van der Waals surface area contributed by atoms with Crippen molar-refractivity contribution in [1.29, 1.82) is 0 Å². The Hall–Kier alpha value is -6.97. The molecule has 3 heteroatoms. The molecule has 4 heterocycles. The summed E-state index contributed by atoms with van der Waals surface area (Å²) in [5.41, 5.74) is 13.7. The van der Waals surface area contributed by atoms with Crippen molar-refractivity contribution in [3.8, 4) is 22.3 Å². The Balaban J connectivity index is 1.20. The van der Waals surface area contributed by atoms with E-state index >= 15 is 0 Å². The number of hydrogen-bond donors (Lipinski definition) is 0. The van der Waals surface area contributed by atoms with E-state index in [1.165, 1.54) is 98.6 Å². The molecule has 3 aromatic heterocycles. The van der Waals surface area contributed by atoms with Gasteiger partial charge in [0.15, 0.2) is 0 Å². The molecule has 1 aliphatic rings. The van der Waals surface area contributed by atoms with Gasteiger partial charge in [0.05, 0.1) is 39.0 Å². The van der Waals surface area contributed by atoms with Crippen LogP contribution in [-0.4, -0.2) is 8.97 Å². The molecule has 0 saturated heterocycles. The summed E-state index contributed by atoms with van der Waals surface area (Å²) in [7, 11) is 0. The first-order valence-corrected chi connectivity index (χ1v) is 19.3. The number of para-hydroxylation sites is 3. The highest BCUT2D eigenvalue weighted by molar-refractivity contribution is 6.36. The van der Waals surface area contributed by atoms with Gasteiger partial charge < -0.3 is 8.97 Å². The number of aromatic nitrogens is 2. The van der Waals surface area contributed by atoms with Crippen LogP contribution in [0.4, 0.5) is 0 Å². The highest BCUT2D eigenvalue weighted by Gasteiger charge is 2.31. The van der Waals surface area contributed by atoms with Gasteiger partial charge in [-0.1, -0.05) is 153 Å². The van der Waals surface area contributed by atoms with Crippen LogP contribution >= 0.6 is 0 Å². The van der Waals surface area contributed by atoms with Crippen molar-refractivity contribution in [3.63, 3.8) is 0 Å². The summed E-state index contributed by atoms with van der Waals surface area (Å²) in [6, 6.07) is 66.6. The highest BCUT2D eigenvalue weighted by Crippen LogP contribution is 2.48. The lowest BCUT2D eigenvalue weighted by atomic mass is 9.88. The van der Waals surface area contributed by atoms with Gasteiger partial charge >= 0.3 is 0 Å². The van der Waals surface area contributed by atoms with E-state index in [2.05, 4.69) is 198 Å². The Kier molecular flexibility index (Phi) is 6.38. The molecule has 2 atom stereocenters. The molecule has 3 nitrogen and oxygen atoms in total. The molecular weight excluding hydrogens is 667 g/mol. The fraction of sp³-hybridized carbons (Fsp3) is 0.0577. The average molecular weight is 702 g/mol. The van der Waals surface area contributed by atoms with Crippen molar-refractivity contribution >= 4 is 65.6 Å². The Morgan fingerprint density at radius 1 is 0.436 bits per heavy atom. The van der Waals surface area contributed by atoms with Crippen LogP contribution in [0.15, 0.2) is 187 Å². The first kappa shape index (κ1) is 30.5. The SMILES string of the molecule is C[C@@H]1C(n2c3ccc(-c4ccccc4)cc3c3c4c5ccccc5n5c6ccccc6c(cc32)c45)=c2ccccc2=NC1c1ccc(-c2ccccc2)cc1. The van der Waals surface area contributed by atoms with Gasteiger partial charge in [-0.3, -0.25) is 4.99 Å². The van der Waals surface area contributed by atoms with Crippen LogP contribution in [0.3, 0.4) is 0 Å². The lowest BCUT2D eigenvalue weighted by molar-refractivity contribution is 0.542. The van der Waals surface area contributed by atoms with E-state index < -0.39 is 0 Å². The second-order valence-electron chi connectivity index (χ2n) is 15.1. The van der Waals surface area contributed by atoms with E-state index in [9.17, 15) is 0 Å². The van der Waals surface area contributed by atoms with E-state index in [1.807, 2.05) is 0 Å². The average Bonchev–Trinajstić information content (AvgIpc) is 3.88. The molecule has 0 amide bonds. The second-order valence-corrected chi connectivity index (χ2v) is 15.1. The molecule has 0 saturated carbocycles. The summed E-state index contributed by atoms with van der Waals surface area (Å²) in [6.07, 6.45) is 0. The van der Waals surface area contributed by atoms with Gasteiger partial charge in [0.2, 0.25) is 0 Å². The molecule has 0 spiro atoms. The van der Waals surface area contributed by atoms with E-state index in [-0.39, 0.29) is 12.0 Å². The fourth-order valence-electron chi connectivity index (χ4n) is 9.73. The van der Waals surface area contributed by atoms with E-state index in [0.29, 0.717) is 0 Å². The van der Waals surface area contributed by atoms with Crippen LogP contribution < -0.4 is 10.6 Å². The summed E-state index contributed by atoms with van der Waals surface area (Å²) in [6.45, 7) is 2.37. The minimum atomic E-state index is -0.0488. The van der Waals surface area contributed by atoms with Gasteiger partial charge in [-0.2, -0.15) is 0 Å². The molecular formula is C52H35N3. The van der Waals surface area contributed by atoms with E-state index in [0.717, 1.165) is 5.36 Å². The number of fused-ring (bicyclic) bond motifs is 11. The summed E-state index contributed by atoms with van der Waals surface area (Å²) in [5.74, 6) is 0.0861. The molecule has 0 fully saturated rings. The Labute approximate surface area is 317 Å². The third kappa shape index (κ3) is 4.29. The van der Waals surface area contributed by atoms with E-state index in [4.69, 9.17) is 4.99 Å². The zero-order valence-electron chi connectivity index (χ0n) is 30.3. The predicted octanol–water partition coefficient (Wildman–Crippen LogP) is 11.9. The van der Waals surface area contributed by atoms with Crippen LogP contribution in [0.1, 0.15) is 18.5 Å². The van der Waals surface area contributed by atoms with Crippen LogP contribution in [0.2, 0.25) is 0 Å². The molecule has 0 N–H and O–H groups in total. The maximum atomic E-state index is 5.49. The standard InChI is InChI=1S/C52H35N3/c1-32-50(36-26-24-35(25-27-36)33-14-4-2-5-15-33)53-43-21-11-8-19-39(43)51(32)55-46-29-28-37(34-16-6-3-7-17-34)30-42(46)48-47(55)31-41-38-18-9-12-22-44(38)54-45-23-13-10-20-40(45)49(48)52(41)54/h2-32,50H,1H3/t32-,50?/m0/s1. The van der Waals surface area contributed by atoms with Gasteiger partial charge in [-0.05, 0) is 64.2 Å². The Morgan fingerprint density at radius 3 is 1.80 bits per heavy atom. The van der Waals surface area contributed by atoms with Crippen molar-refractivity contribution in [2.24, 2.45) is 10.9 Å². The van der Waals surface area contributed by atoms with Crippen LogP contribution in [0, 0.1) is 5.92 Å². The fourth-order valence-corrected chi connectivity index (χ4v) is 9.73. The quantitative estimate of drug-likeness (QED) is 0.174. The van der Waals surface area contributed by atoms with Gasteiger partial charge in [-0.15, -0.1) is 0 Å². The zero-order valence-corrected chi connectivity index (χ0v) is 30.3. The summed E-state index contributed by atoms with van der Waals surface area (Å²) >= 11 is 0. The van der Waals surface area contributed by atoms with E-state index in [1.54, 1.807) is 0 Å². The van der Waals surface area contributed by atoms with Gasteiger partial charge in [-0.25, -0.2) is 0 Å². The molecule has 12 rings (SSSR count). The van der Waals surface area contributed by atoms with Gasteiger partial charge in [0.1, 0.15) is 0 Å². The van der Waals surface area contributed by atoms with Crippen LogP contribution in [0.5, 0.6) is 0 Å². The monoisotopic (exact) mass is 701 g/mol. The van der Waals surface area contributed by atoms with Gasteiger partial charge in [0, 0.05) is 49.2 Å². The first-order chi connectivity index (χ1) is 27.2. The Bertz CT molecular complexity index is 3430. The molecule has 11 aromatic rings. The topological polar surface area (TPSA) is 21.7 Å². The molecule has 0 radical (unpaired) electrons. The van der Waals surface area contributed by atoms with Crippen molar-refractivity contribution in [3.05, 3.63) is 198 Å². The Morgan fingerprint density at radius 2 is 1.04 bits per heavy atom. The van der Waals surface area contributed by atoms with Crippen molar-refractivity contribution in [2.45, 2.75) is 13.0 Å². The molecule has 0 aliphatic carbocycles.